The van der Waals surface area contributed by atoms with E-state index in [1.165, 1.54) is 17.3 Å². The highest BCUT2D eigenvalue weighted by Crippen LogP contribution is 2.27. The SMILES string of the molecule is CC(C)c1ccc(-n2cnnc2SCC(=O)N2CCOCC2c2cccn2C)cc1. The van der Waals surface area contributed by atoms with E-state index >= 15 is 0 Å². The van der Waals surface area contributed by atoms with E-state index < -0.39 is 0 Å². The second kappa shape index (κ2) is 9.06. The van der Waals surface area contributed by atoms with Gasteiger partial charge in [-0.05, 0) is 35.7 Å². The zero-order valence-corrected chi connectivity index (χ0v) is 18.4. The van der Waals surface area contributed by atoms with E-state index in [9.17, 15) is 4.79 Å². The minimum Gasteiger partial charge on any atom is -0.377 e. The van der Waals surface area contributed by atoms with Crippen LogP contribution in [0.3, 0.4) is 0 Å². The monoisotopic (exact) mass is 425 g/mol. The van der Waals surface area contributed by atoms with Crippen molar-refractivity contribution in [2.45, 2.75) is 31.0 Å². The average Bonchev–Trinajstić information content (AvgIpc) is 3.41. The van der Waals surface area contributed by atoms with E-state index in [1.54, 1.807) is 6.33 Å². The minimum atomic E-state index is -0.0618. The van der Waals surface area contributed by atoms with Crippen molar-refractivity contribution >= 4 is 17.7 Å². The van der Waals surface area contributed by atoms with Gasteiger partial charge in [0.2, 0.25) is 5.91 Å². The standard InChI is InChI=1S/C22H27N5O2S/c1-16(2)17-6-8-18(9-7-17)27-15-23-24-22(27)30-14-21(28)26-11-12-29-13-20(26)19-5-4-10-25(19)3/h4-10,15-16,20H,11-14H2,1-3H3. The Balaban J connectivity index is 1.45. The van der Waals surface area contributed by atoms with Gasteiger partial charge in [-0.15, -0.1) is 10.2 Å². The fraction of sp³-hybridized carbons (Fsp3) is 0.409. The highest BCUT2D eigenvalue weighted by atomic mass is 32.2. The van der Waals surface area contributed by atoms with Gasteiger partial charge in [0.15, 0.2) is 5.16 Å². The Morgan fingerprint density at radius 2 is 2.07 bits per heavy atom. The smallest absolute Gasteiger partial charge is 0.233 e. The summed E-state index contributed by atoms with van der Waals surface area (Å²) < 4.78 is 9.63. The summed E-state index contributed by atoms with van der Waals surface area (Å²) >= 11 is 1.41. The van der Waals surface area contributed by atoms with Crippen molar-refractivity contribution in [3.05, 3.63) is 60.2 Å². The Morgan fingerprint density at radius 1 is 1.27 bits per heavy atom. The Hall–Kier alpha value is -2.58. The third kappa shape index (κ3) is 4.29. The fourth-order valence-electron chi connectivity index (χ4n) is 3.70. The number of hydrogen-bond acceptors (Lipinski definition) is 5. The maximum Gasteiger partial charge on any atom is 0.233 e. The molecule has 0 spiro atoms. The Bertz CT molecular complexity index is 995. The lowest BCUT2D eigenvalue weighted by molar-refractivity contribution is -0.137. The third-order valence-corrected chi connectivity index (χ3v) is 6.38. The molecule has 158 valence electrons. The number of nitrogens with zero attached hydrogens (tertiary/aromatic N) is 5. The number of morpholine rings is 1. The van der Waals surface area contributed by atoms with Crippen molar-refractivity contribution in [2.75, 3.05) is 25.5 Å². The molecule has 7 nitrogen and oxygen atoms in total. The summed E-state index contributed by atoms with van der Waals surface area (Å²) in [5, 5.41) is 9.00. The molecule has 1 aliphatic rings. The molecule has 3 aromatic rings. The number of ether oxygens (including phenoxy) is 1. The summed E-state index contributed by atoms with van der Waals surface area (Å²) in [4.78, 5) is 15.0. The lowest BCUT2D eigenvalue weighted by atomic mass is 10.0. The molecular formula is C22H27N5O2S. The average molecular weight is 426 g/mol. The zero-order valence-electron chi connectivity index (χ0n) is 17.6. The van der Waals surface area contributed by atoms with E-state index in [4.69, 9.17) is 4.74 Å². The molecule has 1 fully saturated rings. The number of aryl methyl sites for hydroxylation is 1. The molecular weight excluding hydrogens is 398 g/mol. The molecule has 0 saturated carbocycles. The molecule has 1 aliphatic heterocycles. The Labute approximate surface area is 181 Å². The zero-order chi connectivity index (χ0) is 21.1. The first-order valence-corrected chi connectivity index (χ1v) is 11.1. The van der Waals surface area contributed by atoms with Gasteiger partial charge >= 0.3 is 0 Å². The molecule has 0 aliphatic carbocycles. The van der Waals surface area contributed by atoms with Crippen LogP contribution in [0.15, 0.2) is 54.1 Å². The van der Waals surface area contributed by atoms with E-state index in [-0.39, 0.29) is 11.9 Å². The van der Waals surface area contributed by atoms with Gasteiger partial charge in [-0.2, -0.15) is 0 Å². The van der Waals surface area contributed by atoms with Crippen LogP contribution in [-0.4, -0.2) is 55.7 Å². The third-order valence-electron chi connectivity index (χ3n) is 5.45. The number of amides is 1. The normalized spacial score (nSPS) is 16.9. The van der Waals surface area contributed by atoms with Gasteiger partial charge in [0.25, 0.3) is 0 Å². The molecule has 8 heteroatoms. The first-order chi connectivity index (χ1) is 14.5. The molecule has 0 N–H and O–H groups in total. The summed E-state index contributed by atoms with van der Waals surface area (Å²) in [7, 11) is 1.99. The van der Waals surface area contributed by atoms with Crippen molar-refractivity contribution in [1.82, 2.24) is 24.2 Å². The maximum atomic E-state index is 13.1. The van der Waals surface area contributed by atoms with Crippen molar-refractivity contribution in [3.63, 3.8) is 0 Å². The van der Waals surface area contributed by atoms with Crippen LogP contribution >= 0.6 is 11.8 Å². The number of carbonyl (C=O) groups is 1. The Kier molecular flexibility index (Phi) is 6.24. The number of carbonyl (C=O) groups excluding carboxylic acids is 1. The van der Waals surface area contributed by atoms with Crippen LogP contribution in [0.5, 0.6) is 0 Å². The van der Waals surface area contributed by atoms with Gasteiger partial charge in [0.1, 0.15) is 6.33 Å². The van der Waals surface area contributed by atoms with E-state index in [0.29, 0.717) is 36.6 Å². The van der Waals surface area contributed by atoms with Gasteiger partial charge < -0.3 is 14.2 Å². The van der Waals surface area contributed by atoms with Gasteiger partial charge in [-0.1, -0.05) is 37.7 Å². The van der Waals surface area contributed by atoms with E-state index in [1.807, 2.05) is 39.4 Å². The van der Waals surface area contributed by atoms with Crippen molar-refractivity contribution in [2.24, 2.45) is 7.05 Å². The lowest BCUT2D eigenvalue weighted by Crippen LogP contribution is -2.44. The van der Waals surface area contributed by atoms with Crippen LogP contribution < -0.4 is 0 Å². The molecule has 4 rings (SSSR count). The van der Waals surface area contributed by atoms with Gasteiger partial charge in [0.05, 0.1) is 25.0 Å². The molecule has 1 unspecified atom stereocenters. The van der Waals surface area contributed by atoms with E-state index in [0.717, 1.165) is 11.4 Å². The van der Waals surface area contributed by atoms with Crippen LogP contribution in [0.1, 0.15) is 37.1 Å². The topological polar surface area (TPSA) is 65.2 Å². The largest absolute Gasteiger partial charge is 0.377 e. The summed E-state index contributed by atoms with van der Waals surface area (Å²) in [5.74, 6) is 0.875. The fourth-order valence-corrected chi connectivity index (χ4v) is 4.51. The van der Waals surface area contributed by atoms with Crippen LogP contribution in [0.2, 0.25) is 0 Å². The maximum absolute atomic E-state index is 13.1. The van der Waals surface area contributed by atoms with Crippen molar-refractivity contribution in [1.29, 1.82) is 0 Å². The first kappa shape index (κ1) is 20.7. The van der Waals surface area contributed by atoms with Gasteiger partial charge in [0, 0.05) is 31.2 Å². The minimum absolute atomic E-state index is 0.0618. The van der Waals surface area contributed by atoms with Crippen LogP contribution in [0.25, 0.3) is 5.69 Å². The van der Waals surface area contributed by atoms with Crippen molar-refractivity contribution < 1.29 is 9.53 Å². The summed E-state index contributed by atoms with van der Waals surface area (Å²) in [6, 6.07) is 12.4. The van der Waals surface area contributed by atoms with Gasteiger partial charge in [-0.3, -0.25) is 9.36 Å². The van der Waals surface area contributed by atoms with Crippen LogP contribution in [0.4, 0.5) is 0 Å². The number of benzene rings is 1. The molecule has 1 aromatic carbocycles. The summed E-state index contributed by atoms with van der Waals surface area (Å²) in [6.45, 7) is 6.03. The molecule has 1 saturated heterocycles. The highest BCUT2D eigenvalue weighted by Gasteiger charge is 2.30. The molecule has 2 aromatic heterocycles. The lowest BCUT2D eigenvalue weighted by Gasteiger charge is -2.36. The quantitative estimate of drug-likeness (QED) is 0.566. The second-order valence-electron chi connectivity index (χ2n) is 7.74. The molecule has 30 heavy (non-hydrogen) atoms. The predicted molar refractivity (Wildman–Crippen MR) is 117 cm³/mol. The Morgan fingerprint density at radius 3 is 2.77 bits per heavy atom. The molecule has 1 amide bonds. The van der Waals surface area contributed by atoms with Crippen molar-refractivity contribution in [3.8, 4) is 5.69 Å². The molecule has 1 atom stereocenters. The van der Waals surface area contributed by atoms with Crippen LogP contribution in [0, 0.1) is 0 Å². The van der Waals surface area contributed by atoms with E-state index in [2.05, 4.69) is 48.3 Å². The van der Waals surface area contributed by atoms with Gasteiger partial charge in [-0.25, -0.2) is 0 Å². The first-order valence-electron chi connectivity index (χ1n) is 10.2. The second-order valence-corrected chi connectivity index (χ2v) is 8.68. The number of hydrogen-bond donors (Lipinski definition) is 0. The highest BCUT2D eigenvalue weighted by molar-refractivity contribution is 7.99. The number of aromatic nitrogens is 4. The summed E-state index contributed by atoms with van der Waals surface area (Å²) in [6.07, 6.45) is 3.69. The molecule has 0 bridgehead atoms. The van der Waals surface area contributed by atoms with Crippen LogP contribution in [-0.2, 0) is 16.6 Å². The molecule has 0 radical (unpaired) electrons. The molecule has 3 heterocycles. The number of rotatable bonds is 6. The number of thioether (sulfide) groups is 1. The predicted octanol–water partition coefficient (Wildman–Crippen LogP) is 3.42. The summed E-state index contributed by atoms with van der Waals surface area (Å²) in [5.41, 5.74) is 3.36.